The second kappa shape index (κ2) is 5.50. The van der Waals surface area contributed by atoms with Gasteiger partial charge >= 0.3 is 0 Å². The Bertz CT molecular complexity index is 407. The van der Waals surface area contributed by atoms with Gasteiger partial charge in [-0.2, -0.15) is 5.26 Å². The molecule has 0 spiro atoms. The molecular weight excluding hydrogens is 210 g/mol. The summed E-state index contributed by atoms with van der Waals surface area (Å²) >= 11 is 0. The van der Waals surface area contributed by atoms with Crippen molar-refractivity contribution in [2.75, 3.05) is 13.1 Å². The van der Waals surface area contributed by atoms with E-state index in [9.17, 15) is 0 Å². The first-order chi connectivity index (χ1) is 6.90. The lowest BCUT2D eigenvalue weighted by atomic mass is 10.0. The van der Waals surface area contributed by atoms with Gasteiger partial charge in [0.15, 0.2) is 0 Å². The molecule has 15 heavy (non-hydrogen) atoms. The van der Waals surface area contributed by atoms with Crippen LogP contribution in [-0.4, -0.2) is 18.1 Å². The quantitative estimate of drug-likeness (QED) is 0.786. The van der Waals surface area contributed by atoms with Crippen molar-refractivity contribution in [2.24, 2.45) is 0 Å². The number of aromatic nitrogens is 1. The molecule has 1 aliphatic rings. The smallest absolute Gasteiger partial charge is 0.101 e. The lowest BCUT2D eigenvalue weighted by molar-refractivity contribution is 0.738. The van der Waals surface area contributed by atoms with Gasteiger partial charge in [0.05, 0.1) is 5.56 Å². The molecule has 1 aliphatic heterocycles. The third-order valence-electron chi connectivity index (χ3n) is 2.30. The van der Waals surface area contributed by atoms with E-state index in [1.807, 2.05) is 12.3 Å². The number of nitrogens with zero attached hydrogens (tertiary/aromatic N) is 2. The van der Waals surface area contributed by atoms with Gasteiger partial charge in [-0.05, 0) is 30.2 Å². The molecular formula is C11H12ClN3. The van der Waals surface area contributed by atoms with Gasteiger partial charge in [-0.15, -0.1) is 12.4 Å². The molecule has 0 bridgehead atoms. The highest BCUT2D eigenvalue weighted by atomic mass is 35.5. The SMILES string of the molecule is Cl.N#Cc1cncc(C2=CCNCC2)c1. The molecule has 78 valence electrons. The minimum atomic E-state index is 0. The maximum absolute atomic E-state index is 8.74. The second-order valence-electron chi connectivity index (χ2n) is 3.26. The van der Waals surface area contributed by atoms with Gasteiger partial charge < -0.3 is 5.32 Å². The fourth-order valence-electron chi connectivity index (χ4n) is 1.56. The summed E-state index contributed by atoms with van der Waals surface area (Å²) < 4.78 is 0. The number of pyridine rings is 1. The van der Waals surface area contributed by atoms with Crippen molar-refractivity contribution in [3.63, 3.8) is 0 Å². The number of rotatable bonds is 1. The number of hydrogen-bond donors (Lipinski definition) is 1. The van der Waals surface area contributed by atoms with E-state index in [-0.39, 0.29) is 12.4 Å². The molecule has 2 heterocycles. The minimum absolute atomic E-state index is 0. The molecule has 0 saturated heterocycles. The third-order valence-corrected chi connectivity index (χ3v) is 2.30. The predicted molar refractivity (Wildman–Crippen MR) is 61.7 cm³/mol. The second-order valence-corrected chi connectivity index (χ2v) is 3.26. The highest BCUT2D eigenvalue weighted by molar-refractivity contribution is 5.85. The van der Waals surface area contributed by atoms with E-state index in [4.69, 9.17) is 5.26 Å². The third kappa shape index (κ3) is 2.79. The summed E-state index contributed by atoms with van der Waals surface area (Å²) in [5.74, 6) is 0. The zero-order valence-electron chi connectivity index (χ0n) is 8.23. The van der Waals surface area contributed by atoms with Crippen LogP contribution >= 0.6 is 12.4 Å². The molecule has 0 amide bonds. The summed E-state index contributed by atoms with van der Waals surface area (Å²) in [6, 6.07) is 3.99. The van der Waals surface area contributed by atoms with Crippen LogP contribution in [0.15, 0.2) is 24.5 Å². The van der Waals surface area contributed by atoms with Crippen molar-refractivity contribution >= 4 is 18.0 Å². The van der Waals surface area contributed by atoms with Gasteiger partial charge in [-0.25, -0.2) is 0 Å². The van der Waals surface area contributed by atoms with Crippen molar-refractivity contribution in [1.29, 1.82) is 5.26 Å². The lowest BCUT2D eigenvalue weighted by Gasteiger charge is -2.13. The molecule has 0 radical (unpaired) electrons. The van der Waals surface area contributed by atoms with Crippen molar-refractivity contribution in [3.8, 4) is 6.07 Å². The van der Waals surface area contributed by atoms with Gasteiger partial charge in [0.25, 0.3) is 0 Å². The summed E-state index contributed by atoms with van der Waals surface area (Å²) in [6.07, 6.45) is 6.57. The molecule has 0 atom stereocenters. The molecule has 1 N–H and O–H groups in total. The Balaban J connectivity index is 0.00000112. The molecule has 0 aliphatic carbocycles. The van der Waals surface area contributed by atoms with Crippen molar-refractivity contribution in [1.82, 2.24) is 10.3 Å². The maximum atomic E-state index is 8.74. The zero-order valence-corrected chi connectivity index (χ0v) is 9.05. The number of hydrogen-bond acceptors (Lipinski definition) is 3. The standard InChI is InChI=1S/C11H11N3.ClH/c12-6-9-5-11(8-14-7-9)10-1-3-13-4-2-10;/h1,5,7-8,13H,2-4H2;1H. The normalized spacial score (nSPS) is 14.7. The summed E-state index contributed by atoms with van der Waals surface area (Å²) in [5.41, 5.74) is 2.99. The average Bonchev–Trinajstić information content (AvgIpc) is 2.30. The van der Waals surface area contributed by atoms with E-state index >= 15 is 0 Å². The number of nitriles is 1. The highest BCUT2D eigenvalue weighted by Gasteiger charge is 2.06. The van der Waals surface area contributed by atoms with Gasteiger partial charge in [-0.3, -0.25) is 4.98 Å². The van der Waals surface area contributed by atoms with Gasteiger partial charge in [0.1, 0.15) is 6.07 Å². The molecule has 4 heteroatoms. The Morgan fingerprint density at radius 2 is 2.27 bits per heavy atom. The topological polar surface area (TPSA) is 48.7 Å². The molecule has 0 unspecified atom stereocenters. The Hall–Kier alpha value is -1.37. The van der Waals surface area contributed by atoms with E-state index in [1.165, 1.54) is 5.57 Å². The molecule has 1 aromatic heterocycles. The molecule has 0 fully saturated rings. The van der Waals surface area contributed by atoms with Crippen LogP contribution < -0.4 is 5.32 Å². The molecule has 2 rings (SSSR count). The van der Waals surface area contributed by atoms with E-state index in [1.54, 1.807) is 6.20 Å². The fraction of sp³-hybridized carbons (Fsp3) is 0.273. The predicted octanol–water partition coefficient (Wildman–Crippen LogP) is 1.75. The van der Waals surface area contributed by atoms with Gasteiger partial charge in [0, 0.05) is 18.9 Å². The lowest BCUT2D eigenvalue weighted by Crippen LogP contribution is -2.20. The van der Waals surface area contributed by atoms with Crippen molar-refractivity contribution in [2.45, 2.75) is 6.42 Å². The van der Waals surface area contributed by atoms with Crippen molar-refractivity contribution in [3.05, 3.63) is 35.7 Å². The van der Waals surface area contributed by atoms with Crippen molar-refractivity contribution < 1.29 is 0 Å². The summed E-state index contributed by atoms with van der Waals surface area (Å²) in [5, 5.41) is 12.0. The van der Waals surface area contributed by atoms with Crippen LogP contribution in [0, 0.1) is 11.3 Å². The van der Waals surface area contributed by atoms with Crippen LogP contribution in [0.1, 0.15) is 17.5 Å². The highest BCUT2D eigenvalue weighted by Crippen LogP contribution is 2.19. The van der Waals surface area contributed by atoms with Crippen LogP contribution in [0.3, 0.4) is 0 Å². The molecule has 0 aromatic carbocycles. The fourth-order valence-corrected chi connectivity index (χ4v) is 1.56. The van der Waals surface area contributed by atoms with Crippen LogP contribution in [0.2, 0.25) is 0 Å². The monoisotopic (exact) mass is 221 g/mol. The maximum Gasteiger partial charge on any atom is 0.101 e. The largest absolute Gasteiger partial charge is 0.313 e. The Morgan fingerprint density at radius 3 is 2.93 bits per heavy atom. The summed E-state index contributed by atoms with van der Waals surface area (Å²) in [7, 11) is 0. The van der Waals surface area contributed by atoms with Gasteiger partial charge in [-0.1, -0.05) is 6.08 Å². The van der Waals surface area contributed by atoms with E-state index in [0.717, 1.165) is 25.1 Å². The first kappa shape index (κ1) is 11.7. The van der Waals surface area contributed by atoms with Crippen LogP contribution in [0.5, 0.6) is 0 Å². The minimum Gasteiger partial charge on any atom is -0.313 e. The first-order valence-corrected chi connectivity index (χ1v) is 4.65. The summed E-state index contributed by atoms with van der Waals surface area (Å²) in [6.45, 7) is 1.91. The molecule has 1 aromatic rings. The molecule has 3 nitrogen and oxygen atoms in total. The average molecular weight is 222 g/mol. The van der Waals surface area contributed by atoms with Crippen LogP contribution in [-0.2, 0) is 0 Å². The number of halogens is 1. The van der Waals surface area contributed by atoms with Crippen LogP contribution in [0.4, 0.5) is 0 Å². The first-order valence-electron chi connectivity index (χ1n) is 4.65. The van der Waals surface area contributed by atoms with Crippen LogP contribution in [0.25, 0.3) is 5.57 Å². The summed E-state index contributed by atoms with van der Waals surface area (Å²) in [4.78, 5) is 4.05. The Kier molecular flexibility index (Phi) is 4.29. The Morgan fingerprint density at radius 1 is 1.40 bits per heavy atom. The van der Waals surface area contributed by atoms with E-state index < -0.39 is 0 Å². The van der Waals surface area contributed by atoms with Gasteiger partial charge in [0.2, 0.25) is 0 Å². The number of nitrogens with one attached hydrogen (secondary N) is 1. The van der Waals surface area contributed by atoms with E-state index in [0.29, 0.717) is 5.56 Å². The molecule has 0 saturated carbocycles. The zero-order chi connectivity index (χ0) is 9.80. The Labute approximate surface area is 95.2 Å². The van der Waals surface area contributed by atoms with E-state index in [2.05, 4.69) is 22.4 Å².